The van der Waals surface area contributed by atoms with Gasteiger partial charge in [-0.15, -0.1) is 12.4 Å². The maximum Gasteiger partial charge on any atom is 0.232 e. The normalized spacial score (nSPS) is 12.0. The Kier molecular flexibility index (Phi) is 10.4. The minimum Gasteiger partial charge on any atom is -0.493 e. The third kappa shape index (κ3) is 7.77. The molecule has 1 atom stereocenters. The summed E-state index contributed by atoms with van der Waals surface area (Å²) in [6.07, 6.45) is 1.82. The van der Waals surface area contributed by atoms with E-state index in [-0.39, 0.29) is 37.3 Å². The Labute approximate surface area is 275 Å². The number of fused-ring (bicyclic) bond motifs is 3. The summed E-state index contributed by atoms with van der Waals surface area (Å²) in [5.74, 6) is 0.649. The summed E-state index contributed by atoms with van der Waals surface area (Å²) in [5.41, 5.74) is 4.92. The number of carbonyl (C=O) groups is 1. The first-order valence-corrected chi connectivity index (χ1v) is 16.8. The van der Waals surface area contributed by atoms with E-state index in [0.29, 0.717) is 24.3 Å². The molecular weight excluding hydrogens is 618 g/mol. The number of Topliss-reactive ketones (excluding diaryl/α,β-unsaturated/α-hetero) is 1. The molecule has 0 amide bonds. The lowest BCUT2D eigenvalue weighted by molar-refractivity contribution is 0.0985. The first-order chi connectivity index (χ1) is 21.8. The highest BCUT2D eigenvalue weighted by Crippen LogP contribution is 2.29. The van der Waals surface area contributed by atoms with Gasteiger partial charge in [-0.25, -0.2) is 8.42 Å². The number of ether oxygens (including phenoxy) is 1. The van der Waals surface area contributed by atoms with E-state index >= 15 is 0 Å². The molecule has 5 aromatic carbocycles. The predicted octanol–water partition coefficient (Wildman–Crippen LogP) is 7.69. The van der Waals surface area contributed by atoms with Crippen LogP contribution in [-0.2, 0) is 16.6 Å². The second-order valence-electron chi connectivity index (χ2n) is 11.1. The van der Waals surface area contributed by atoms with Crippen molar-refractivity contribution in [3.63, 3.8) is 0 Å². The van der Waals surface area contributed by atoms with Crippen LogP contribution in [0.3, 0.4) is 0 Å². The number of H-pyrrole nitrogens is 1. The van der Waals surface area contributed by atoms with E-state index in [4.69, 9.17) is 4.74 Å². The molecule has 0 aliphatic rings. The van der Waals surface area contributed by atoms with E-state index in [1.54, 1.807) is 24.3 Å². The Hall–Kier alpha value is -4.63. The zero-order valence-electron chi connectivity index (χ0n) is 25.4. The average Bonchev–Trinajstić information content (AvgIpc) is 3.43. The minimum atomic E-state index is -3.58. The number of aromatic nitrogens is 1. The third-order valence-electron chi connectivity index (χ3n) is 7.89. The molecule has 236 valence electrons. The molecule has 7 nitrogen and oxygen atoms in total. The summed E-state index contributed by atoms with van der Waals surface area (Å²) in [6.45, 7) is 0.714. The molecule has 0 aliphatic carbocycles. The van der Waals surface area contributed by atoms with Crippen LogP contribution in [0.1, 0.15) is 33.9 Å². The maximum absolute atomic E-state index is 13.4. The van der Waals surface area contributed by atoms with Crippen LogP contribution >= 0.6 is 12.4 Å². The molecule has 46 heavy (non-hydrogen) atoms. The standard InChI is InChI=1S/C37H35N3O4S.ClH/c1-45(42,43)40(26-27-11-4-2-5-12-27)30-16-10-15-29(23-30)37(41)25-38-34(28-13-6-3-7-14-28)21-22-44-31-19-20-33-32-17-8-9-18-35(32)39-36(33)24-31;/h2-20,23-24,34,38-39H,21-22,25-26H2,1H3;1H. The number of aromatic amines is 1. The fourth-order valence-corrected chi connectivity index (χ4v) is 6.47. The lowest BCUT2D eigenvalue weighted by Crippen LogP contribution is -2.30. The van der Waals surface area contributed by atoms with E-state index in [1.165, 1.54) is 15.9 Å². The van der Waals surface area contributed by atoms with Gasteiger partial charge in [-0.3, -0.25) is 9.10 Å². The summed E-state index contributed by atoms with van der Waals surface area (Å²) in [6, 6.07) is 40.4. The quantitative estimate of drug-likeness (QED) is 0.125. The monoisotopic (exact) mass is 653 g/mol. The first-order valence-electron chi connectivity index (χ1n) is 14.9. The van der Waals surface area contributed by atoms with Crippen LogP contribution in [-0.4, -0.2) is 38.6 Å². The molecular formula is C37H36ClN3O4S. The number of nitrogens with zero attached hydrogens (tertiary/aromatic N) is 1. The highest BCUT2D eigenvalue weighted by Gasteiger charge is 2.20. The molecule has 9 heteroatoms. The van der Waals surface area contributed by atoms with Crippen LogP contribution in [0.2, 0.25) is 0 Å². The molecule has 1 unspecified atom stereocenters. The van der Waals surface area contributed by atoms with Gasteiger partial charge < -0.3 is 15.0 Å². The molecule has 0 saturated heterocycles. The molecule has 6 rings (SSSR count). The number of halogens is 1. The second-order valence-corrected chi connectivity index (χ2v) is 13.0. The van der Waals surface area contributed by atoms with Gasteiger partial charge in [0.25, 0.3) is 0 Å². The van der Waals surface area contributed by atoms with Crippen molar-refractivity contribution in [1.29, 1.82) is 0 Å². The number of hydrogen-bond donors (Lipinski definition) is 2. The first kappa shape index (κ1) is 32.8. The van der Waals surface area contributed by atoms with Crippen molar-refractivity contribution in [2.24, 2.45) is 0 Å². The molecule has 1 heterocycles. The average molecular weight is 654 g/mol. The van der Waals surface area contributed by atoms with Crippen molar-refractivity contribution in [2.45, 2.75) is 19.0 Å². The van der Waals surface area contributed by atoms with E-state index in [9.17, 15) is 13.2 Å². The summed E-state index contributed by atoms with van der Waals surface area (Å²) in [4.78, 5) is 16.8. The molecule has 1 aromatic heterocycles. The lowest BCUT2D eigenvalue weighted by atomic mass is 10.0. The van der Waals surface area contributed by atoms with Crippen LogP contribution in [0.4, 0.5) is 5.69 Å². The Morgan fingerprint density at radius 2 is 1.50 bits per heavy atom. The van der Waals surface area contributed by atoms with Gasteiger partial charge in [0.05, 0.1) is 37.2 Å². The Morgan fingerprint density at radius 1 is 0.804 bits per heavy atom. The Balaban J connectivity index is 0.00000417. The number of anilines is 1. The van der Waals surface area contributed by atoms with Crippen LogP contribution in [0, 0.1) is 0 Å². The summed E-state index contributed by atoms with van der Waals surface area (Å²) < 4.78 is 32.9. The van der Waals surface area contributed by atoms with Gasteiger partial charge in [-0.1, -0.05) is 91.0 Å². The van der Waals surface area contributed by atoms with Crippen LogP contribution in [0.15, 0.2) is 127 Å². The third-order valence-corrected chi connectivity index (χ3v) is 9.03. The number of benzene rings is 5. The predicted molar refractivity (Wildman–Crippen MR) is 189 cm³/mol. The summed E-state index contributed by atoms with van der Waals surface area (Å²) >= 11 is 0. The van der Waals surface area contributed by atoms with Gasteiger partial charge in [0, 0.05) is 40.4 Å². The SMILES string of the molecule is CS(=O)(=O)N(Cc1ccccc1)c1cccc(C(=O)CNC(CCOc2ccc3c(c2)[nH]c2ccccc23)c2ccccc2)c1.Cl. The zero-order chi connectivity index (χ0) is 31.2. The number of ketones is 1. The fraction of sp³-hybridized carbons (Fsp3) is 0.162. The molecule has 6 aromatic rings. The van der Waals surface area contributed by atoms with Gasteiger partial charge in [0.2, 0.25) is 10.0 Å². The van der Waals surface area contributed by atoms with Crippen LogP contribution < -0.4 is 14.4 Å². The van der Waals surface area contributed by atoms with E-state index in [2.05, 4.69) is 28.5 Å². The van der Waals surface area contributed by atoms with Crippen LogP contribution in [0.5, 0.6) is 5.75 Å². The van der Waals surface area contributed by atoms with Gasteiger partial charge in [0.15, 0.2) is 5.78 Å². The largest absolute Gasteiger partial charge is 0.493 e. The summed E-state index contributed by atoms with van der Waals surface area (Å²) in [7, 11) is -3.58. The highest BCUT2D eigenvalue weighted by molar-refractivity contribution is 7.92. The van der Waals surface area contributed by atoms with Crippen molar-refractivity contribution >= 4 is 55.7 Å². The van der Waals surface area contributed by atoms with Crippen molar-refractivity contribution < 1.29 is 17.9 Å². The van der Waals surface area contributed by atoms with Crippen LogP contribution in [0.25, 0.3) is 21.8 Å². The molecule has 0 spiro atoms. The minimum absolute atomic E-state index is 0. The van der Waals surface area contributed by atoms with Crippen molar-refractivity contribution in [2.75, 3.05) is 23.7 Å². The number of carbonyl (C=O) groups excluding carboxylic acids is 1. The number of nitrogens with one attached hydrogen (secondary N) is 2. The topological polar surface area (TPSA) is 91.5 Å². The molecule has 0 saturated carbocycles. The molecule has 2 N–H and O–H groups in total. The molecule has 0 bridgehead atoms. The second kappa shape index (κ2) is 14.6. The maximum atomic E-state index is 13.4. The van der Waals surface area contributed by atoms with E-state index < -0.39 is 10.0 Å². The summed E-state index contributed by atoms with van der Waals surface area (Å²) in [5, 5.41) is 5.76. The lowest BCUT2D eigenvalue weighted by Gasteiger charge is -2.23. The van der Waals surface area contributed by atoms with E-state index in [1.807, 2.05) is 84.9 Å². The number of para-hydroxylation sites is 1. The van der Waals surface area contributed by atoms with E-state index in [0.717, 1.165) is 33.3 Å². The molecule has 0 aliphatic heterocycles. The van der Waals surface area contributed by atoms with Gasteiger partial charge >= 0.3 is 0 Å². The number of hydrogen-bond acceptors (Lipinski definition) is 5. The number of rotatable bonds is 13. The highest BCUT2D eigenvalue weighted by atomic mass is 35.5. The van der Waals surface area contributed by atoms with Crippen molar-refractivity contribution in [1.82, 2.24) is 10.3 Å². The molecule has 0 fully saturated rings. The van der Waals surface area contributed by atoms with Crippen molar-refractivity contribution in [3.05, 3.63) is 144 Å². The Bertz CT molecular complexity index is 2030. The van der Waals surface area contributed by atoms with Crippen molar-refractivity contribution in [3.8, 4) is 5.75 Å². The Morgan fingerprint density at radius 3 is 2.26 bits per heavy atom. The zero-order valence-corrected chi connectivity index (χ0v) is 27.1. The fourth-order valence-electron chi connectivity index (χ4n) is 5.59. The smallest absolute Gasteiger partial charge is 0.232 e. The van der Waals surface area contributed by atoms with Gasteiger partial charge in [-0.05, 0) is 41.5 Å². The van der Waals surface area contributed by atoms with Gasteiger partial charge in [0.1, 0.15) is 5.75 Å². The molecule has 0 radical (unpaired) electrons. The number of sulfonamides is 1. The van der Waals surface area contributed by atoms with Gasteiger partial charge in [-0.2, -0.15) is 0 Å².